The highest BCUT2D eigenvalue weighted by molar-refractivity contribution is 7.88. The minimum Gasteiger partial charge on any atom is -0.477 e. The van der Waals surface area contributed by atoms with E-state index in [1.807, 2.05) is 49.4 Å². The molecule has 0 bridgehead atoms. The van der Waals surface area contributed by atoms with Crippen LogP contribution in [0.15, 0.2) is 48.7 Å². The van der Waals surface area contributed by atoms with Crippen molar-refractivity contribution < 1.29 is 13.2 Å². The van der Waals surface area contributed by atoms with Gasteiger partial charge in [-0.25, -0.2) is 17.7 Å². The number of benzene rings is 1. The molecule has 1 fully saturated rings. The first kappa shape index (κ1) is 17.9. The van der Waals surface area contributed by atoms with Gasteiger partial charge in [-0.2, -0.15) is 0 Å². The Kier molecular flexibility index (Phi) is 5.71. The van der Waals surface area contributed by atoms with E-state index in [1.165, 1.54) is 0 Å². The van der Waals surface area contributed by atoms with Crippen molar-refractivity contribution in [1.82, 2.24) is 9.29 Å². The Bertz CT molecular complexity index is 785. The number of pyridine rings is 1. The number of ether oxygens (including phenoxy) is 1. The van der Waals surface area contributed by atoms with Gasteiger partial charge < -0.3 is 4.74 Å². The number of nitrogens with zero attached hydrogens (tertiary/aromatic N) is 2. The second kappa shape index (κ2) is 7.97. The van der Waals surface area contributed by atoms with E-state index < -0.39 is 10.0 Å². The van der Waals surface area contributed by atoms with Gasteiger partial charge in [-0.1, -0.05) is 36.4 Å². The van der Waals surface area contributed by atoms with Gasteiger partial charge in [0, 0.05) is 24.8 Å². The first-order valence-electron chi connectivity index (χ1n) is 8.61. The van der Waals surface area contributed by atoms with Crippen molar-refractivity contribution >= 4 is 10.0 Å². The van der Waals surface area contributed by atoms with Crippen molar-refractivity contribution in [3.05, 3.63) is 59.8 Å². The quantitative estimate of drug-likeness (QED) is 0.794. The van der Waals surface area contributed by atoms with Crippen LogP contribution in [-0.4, -0.2) is 37.4 Å². The van der Waals surface area contributed by atoms with Gasteiger partial charge in [0.1, 0.15) is 0 Å². The predicted octanol–water partition coefficient (Wildman–Crippen LogP) is 3.01. The molecule has 2 heterocycles. The Balaban J connectivity index is 1.50. The Labute approximate surface area is 149 Å². The third kappa shape index (κ3) is 4.80. The molecule has 1 aliphatic heterocycles. The largest absolute Gasteiger partial charge is 0.477 e. The van der Waals surface area contributed by atoms with Gasteiger partial charge in [0.25, 0.3) is 0 Å². The van der Waals surface area contributed by atoms with Crippen LogP contribution in [0.2, 0.25) is 0 Å². The molecule has 0 atom stereocenters. The highest BCUT2D eigenvalue weighted by Gasteiger charge is 2.28. The summed E-state index contributed by atoms with van der Waals surface area (Å²) in [5.41, 5.74) is 1.85. The first-order chi connectivity index (χ1) is 12.0. The zero-order valence-corrected chi connectivity index (χ0v) is 15.3. The summed E-state index contributed by atoms with van der Waals surface area (Å²) in [6.07, 6.45) is 3.36. The van der Waals surface area contributed by atoms with Crippen LogP contribution in [0.5, 0.6) is 5.88 Å². The highest BCUT2D eigenvalue weighted by atomic mass is 32.2. The van der Waals surface area contributed by atoms with E-state index in [9.17, 15) is 8.42 Å². The highest BCUT2D eigenvalue weighted by Crippen LogP contribution is 2.23. The lowest BCUT2D eigenvalue weighted by Crippen LogP contribution is -2.40. The molecule has 0 spiro atoms. The van der Waals surface area contributed by atoms with Crippen LogP contribution >= 0.6 is 0 Å². The summed E-state index contributed by atoms with van der Waals surface area (Å²) in [5.74, 6) is 1.11. The van der Waals surface area contributed by atoms with E-state index >= 15 is 0 Å². The van der Waals surface area contributed by atoms with E-state index in [2.05, 4.69) is 4.98 Å². The molecule has 25 heavy (non-hydrogen) atoms. The van der Waals surface area contributed by atoms with Gasteiger partial charge in [0.2, 0.25) is 15.9 Å². The lowest BCUT2D eigenvalue weighted by Gasteiger charge is -2.31. The van der Waals surface area contributed by atoms with Crippen LogP contribution in [0.3, 0.4) is 0 Å². The first-order valence-corrected chi connectivity index (χ1v) is 10.2. The minimum atomic E-state index is -3.25. The average Bonchev–Trinajstić information content (AvgIpc) is 2.62. The predicted molar refractivity (Wildman–Crippen MR) is 97.8 cm³/mol. The molecule has 6 heteroatoms. The van der Waals surface area contributed by atoms with Crippen molar-refractivity contribution in [2.24, 2.45) is 5.92 Å². The Morgan fingerprint density at radius 2 is 1.84 bits per heavy atom. The molecule has 134 valence electrons. The summed E-state index contributed by atoms with van der Waals surface area (Å²) in [6, 6.07) is 13.2. The molecular formula is C19H24N2O3S. The summed E-state index contributed by atoms with van der Waals surface area (Å²) < 4.78 is 32.6. The Morgan fingerprint density at radius 1 is 1.12 bits per heavy atom. The normalized spacial score (nSPS) is 16.7. The number of sulfonamides is 1. The SMILES string of the molecule is Cc1cccnc1OCC1CCN(S(=O)(=O)Cc2ccccc2)CC1. The smallest absolute Gasteiger partial charge is 0.218 e. The molecule has 1 aromatic heterocycles. The van der Waals surface area contributed by atoms with E-state index in [0.717, 1.165) is 24.0 Å². The fourth-order valence-electron chi connectivity index (χ4n) is 3.05. The molecule has 1 aromatic carbocycles. The van der Waals surface area contributed by atoms with Crippen LogP contribution in [-0.2, 0) is 15.8 Å². The maximum Gasteiger partial charge on any atom is 0.218 e. The zero-order valence-electron chi connectivity index (χ0n) is 14.5. The molecular weight excluding hydrogens is 336 g/mol. The second-order valence-electron chi connectivity index (χ2n) is 6.52. The minimum absolute atomic E-state index is 0.0716. The lowest BCUT2D eigenvalue weighted by molar-refractivity contribution is 0.180. The van der Waals surface area contributed by atoms with Crippen LogP contribution in [0.4, 0.5) is 0 Å². The Hall–Kier alpha value is -1.92. The third-order valence-electron chi connectivity index (χ3n) is 4.58. The number of rotatable bonds is 6. The standard InChI is InChI=1S/C19H24N2O3S/c1-16-6-5-11-20-19(16)24-14-17-9-12-21(13-10-17)25(22,23)15-18-7-3-2-4-8-18/h2-8,11,17H,9-10,12-15H2,1H3. The molecule has 1 aliphatic rings. The van der Waals surface area contributed by atoms with Gasteiger partial charge in [0.05, 0.1) is 12.4 Å². The Morgan fingerprint density at radius 3 is 2.52 bits per heavy atom. The number of hydrogen-bond acceptors (Lipinski definition) is 4. The maximum absolute atomic E-state index is 12.6. The van der Waals surface area contributed by atoms with Gasteiger partial charge >= 0.3 is 0 Å². The molecule has 0 unspecified atom stereocenters. The van der Waals surface area contributed by atoms with Crippen molar-refractivity contribution in [3.63, 3.8) is 0 Å². The van der Waals surface area contributed by atoms with E-state index in [4.69, 9.17) is 4.74 Å². The van der Waals surface area contributed by atoms with Crippen LogP contribution < -0.4 is 4.74 Å². The van der Waals surface area contributed by atoms with Crippen molar-refractivity contribution in [1.29, 1.82) is 0 Å². The van der Waals surface area contributed by atoms with Crippen LogP contribution in [0.25, 0.3) is 0 Å². The molecule has 1 saturated heterocycles. The molecule has 3 rings (SSSR count). The molecule has 0 saturated carbocycles. The fraction of sp³-hybridized carbons (Fsp3) is 0.421. The van der Waals surface area contributed by atoms with E-state index in [1.54, 1.807) is 10.5 Å². The monoisotopic (exact) mass is 360 g/mol. The van der Waals surface area contributed by atoms with Gasteiger partial charge in [-0.3, -0.25) is 0 Å². The van der Waals surface area contributed by atoms with Gasteiger partial charge in [-0.05, 0) is 37.3 Å². The lowest BCUT2D eigenvalue weighted by atomic mass is 9.99. The van der Waals surface area contributed by atoms with Gasteiger partial charge in [-0.15, -0.1) is 0 Å². The molecule has 0 N–H and O–H groups in total. The molecule has 5 nitrogen and oxygen atoms in total. The van der Waals surface area contributed by atoms with E-state index in [-0.39, 0.29) is 5.75 Å². The summed E-state index contributed by atoms with van der Waals surface area (Å²) in [5, 5.41) is 0. The summed E-state index contributed by atoms with van der Waals surface area (Å²) in [7, 11) is -3.25. The fourth-order valence-corrected chi connectivity index (χ4v) is 4.61. The summed E-state index contributed by atoms with van der Waals surface area (Å²) in [6.45, 7) is 3.68. The van der Waals surface area contributed by atoms with Crippen molar-refractivity contribution in [3.8, 4) is 5.88 Å². The topological polar surface area (TPSA) is 59.5 Å². The zero-order chi connectivity index (χ0) is 17.7. The third-order valence-corrected chi connectivity index (χ3v) is 6.43. The molecule has 0 radical (unpaired) electrons. The summed E-state index contributed by atoms with van der Waals surface area (Å²) in [4.78, 5) is 4.24. The van der Waals surface area contributed by atoms with Gasteiger partial charge in [0.15, 0.2) is 0 Å². The number of hydrogen-bond donors (Lipinski definition) is 0. The molecule has 0 aliphatic carbocycles. The van der Waals surface area contributed by atoms with Crippen LogP contribution in [0, 0.1) is 12.8 Å². The molecule has 0 amide bonds. The van der Waals surface area contributed by atoms with Crippen molar-refractivity contribution in [2.45, 2.75) is 25.5 Å². The maximum atomic E-state index is 12.6. The second-order valence-corrected chi connectivity index (χ2v) is 8.49. The number of piperidine rings is 1. The number of aromatic nitrogens is 1. The summed E-state index contributed by atoms with van der Waals surface area (Å²) >= 11 is 0. The molecule has 2 aromatic rings. The average molecular weight is 360 g/mol. The van der Waals surface area contributed by atoms with E-state index in [0.29, 0.717) is 31.5 Å². The van der Waals surface area contributed by atoms with Crippen molar-refractivity contribution in [2.75, 3.05) is 19.7 Å². The number of aryl methyl sites for hydroxylation is 1. The van der Waals surface area contributed by atoms with Crippen LogP contribution in [0.1, 0.15) is 24.0 Å².